The van der Waals surface area contributed by atoms with Crippen LogP contribution in [-0.2, 0) is 9.53 Å². The number of ether oxygens (including phenoxy) is 1. The predicted octanol–water partition coefficient (Wildman–Crippen LogP) is -0.439. The van der Waals surface area contributed by atoms with Gasteiger partial charge in [0.25, 0.3) is 0 Å². The first-order chi connectivity index (χ1) is 7.69. The molecular weight excluding hydrogens is 206 g/mol. The zero-order valence-electron chi connectivity index (χ0n) is 10.2. The monoisotopic (exact) mass is 229 g/mol. The summed E-state index contributed by atoms with van der Waals surface area (Å²) in [6, 6.07) is 0.474. The largest absolute Gasteiger partial charge is 0.379 e. The molecule has 0 radical (unpaired) electrons. The van der Waals surface area contributed by atoms with Gasteiger partial charge in [-0.1, -0.05) is 0 Å². The maximum atomic E-state index is 11.5. The highest BCUT2D eigenvalue weighted by Gasteiger charge is 2.26. The molecule has 0 aromatic heterocycles. The Kier molecular flexibility index (Phi) is 5.73. The van der Waals surface area contributed by atoms with E-state index in [2.05, 4.69) is 17.1 Å². The summed E-state index contributed by atoms with van der Waals surface area (Å²) in [5.41, 5.74) is 5.75. The maximum absolute atomic E-state index is 11.5. The highest BCUT2D eigenvalue weighted by molar-refractivity contribution is 5.76. The summed E-state index contributed by atoms with van der Waals surface area (Å²) in [5, 5.41) is 2.81. The molecule has 0 spiro atoms. The first kappa shape index (κ1) is 13.4. The molecule has 5 heteroatoms. The van der Waals surface area contributed by atoms with E-state index in [9.17, 15) is 4.79 Å². The van der Waals surface area contributed by atoms with Gasteiger partial charge in [-0.15, -0.1) is 0 Å². The van der Waals surface area contributed by atoms with Crippen molar-refractivity contribution in [2.75, 3.05) is 32.8 Å². The van der Waals surface area contributed by atoms with Crippen LogP contribution in [0.5, 0.6) is 0 Å². The van der Waals surface area contributed by atoms with Crippen LogP contribution in [0.2, 0.25) is 0 Å². The van der Waals surface area contributed by atoms with E-state index in [4.69, 9.17) is 10.5 Å². The molecule has 2 atom stereocenters. The Hall–Kier alpha value is -0.650. The topological polar surface area (TPSA) is 67.6 Å². The number of hydrogen-bond donors (Lipinski definition) is 2. The van der Waals surface area contributed by atoms with E-state index in [0.29, 0.717) is 25.6 Å². The number of carbonyl (C=O) groups is 1. The quantitative estimate of drug-likeness (QED) is 0.671. The lowest BCUT2D eigenvalue weighted by Gasteiger charge is -2.38. The van der Waals surface area contributed by atoms with Crippen molar-refractivity contribution in [1.82, 2.24) is 10.2 Å². The minimum atomic E-state index is 0.0802. The molecule has 1 heterocycles. The first-order valence-electron chi connectivity index (χ1n) is 5.99. The van der Waals surface area contributed by atoms with Gasteiger partial charge in [0.15, 0.2) is 0 Å². The number of nitrogens with one attached hydrogen (secondary N) is 1. The third-order valence-corrected chi connectivity index (χ3v) is 2.96. The summed E-state index contributed by atoms with van der Waals surface area (Å²) in [6.07, 6.45) is 0.481. The van der Waals surface area contributed by atoms with Crippen LogP contribution < -0.4 is 11.1 Å². The lowest BCUT2D eigenvalue weighted by atomic mass is 10.1. The summed E-state index contributed by atoms with van der Waals surface area (Å²) in [7, 11) is 0. The highest BCUT2D eigenvalue weighted by atomic mass is 16.5. The average Bonchev–Trinajstić information content (AvgIpc) is 2.27. The summed E-state index contributed by atoms with van der Waals surface area (Å²) in [6.45, 7) is 7.55. The van der Waals surface area contributed by atoms with Crippen LogP contribution in [0.4, 0.5) is 0 Å². The second-order valence-corrected chi connectivity index (χ2v) is 4.21. The van der Waals surface area contributed by atoms with E-state index >= 15 is 0 Å². The fourth-order valence-corrected chi connectivity index (χ4v) is 2.10. The van der Waals surface area contributed by atoms with Gasteiger partial charge in [-0.3, -0.25) is 9.69 Å². The second kappa shape index (κ2) is 6.83. The number of nitrogens with two attached hydrogens (primary N) is 1. The third kappa shape index (κ3) is 3.73. The van der Waals surface area contributed by atoms with E-state index in [-0.39, 0.29) is 11.9 Å². The Morgan fingerprint density at radius 3 is 3.00 bits per heavy atom. The number of morpholine rings is 1. The lowest BCUT2D eigenvalue weighted by Crippen LogP contribution is -2.53. The van der Waals surface area contributed by atoms with E-state index in [1.54, 1.807) is 0 Å². The fourth-order valence-electron chi connectivity index (χ4n) is 2.10. The molecule has 94 valence electrons. The second-order valence-electron chi connectivity index (χ2n) is 4.21. The van der Waals surface area contributed by atoms with E-state index in [1.165, 1.54) is 0 Å². The fraction of sp³-hybridized carbons (Fsp3) is 0.909. The minimum absolute atomic E-state index is 0.0802. The van der Waals surface area contributed by atoms with Crippen LogP contribution in [0.3, 0.4) is 0 Å². The van der Waals surface area contributed by atoms with E-state index < -0.39 is 0 Å². The van der Waals surface area contributed by atoms with Crippen molar-refractivity contribution in [3.05, 3.63) is 0 Å². The molecule has 1 aliphatic rings. The molecule has 5 nitrogen and oxygen atoms in total. The third-order valence-electron chi connectivity index (χ3n) is 2.96. The summed E-state index contributed by atoms with van der Waals surface area (Å²) < 4.78 is 5.38. The molecule has 1 rings (SSSR count). The molecule has 3 N–H and O–H groups in total. The molecule has 0 aromatic rings. The molecule has 1 aliphatic heterocycles. The molecule has 0 saturated carbocycles. The van der Waals surface area contributed by atoms with E-state index in [0.717, 1.165) is 19.8 Å². The summed E-state index contributed by atoms with van der Waals surface area (Å²) in [4.78, 5) is 13.8. The predicted molar refractivity (Wildman–Crippen MR) is 63.1 cm³/mol. The van der Waals surface area contributed by atoms with Gasteiger partial charge in [-0.25, -0.2) is 0 Å². The summed E-state index contributed by atoms with van der Waals surface area (Å²) in [5.74, 6) is 0.0802. The zero-order valence-corrected chi connectivity index (χ0v) is 10.2. The highest BCUT2D eigenvalue weighted by Crippen LogP contribution is 2.12. The maximum Gasteiger partial charge on any atom is 0.221 e. The average molecular weight is 229 g/mol. The molecule has 16 heavy (non-hydrogen) atoms. The smallest absolute Gasteiger partial charge is 0.221 e. The van der Waals surface area contributed by atoms with Gasteiger partial charge in [-0.05, 0) is 13.8 Å². The minimum Gasteiger partial charge on any atom is -0.379 e. The van der Waals surface area contributed by atoms with Gasteiger partial charge in [0, 0.05) is 38.1 Å². The molecule has 0 aliphatic carbocycles. The van der Waals surface area contributed by atoms with Crippen LogP contribution in [-0.4, -0.2) is 55.7 Å². The number of nitrogens with zero attached hydrogens (tertiary/aromatic N) is 1. The summed E-state index contributed by atoms with van der Waals surface area (Å²) >= 11 is 0. The standard InChI is InChI=1S/C11H23N3O2/c1-3-13-11(15)6-10(7-12)14-4-5-16-8-9(14)2/h9-10H,3-8,12H2,1-2H3,(H,13,15). The van der Waals surface area contributed by atoms with Gasteiger partial charge in [0.1, 0.15) is 0 Å². The number of rotatable bonds is 5. The van der Waals surface area contributed by atoms with Gasteiger partial charge in [0.05, 0.1) is 13.2 Å². The Bertz CT molecular complexity index is 223. The van der Waals surface area contributed by atoms with Crippen molar-refractivity contribution in [2.45, 2.75) is 32.4 Å². The number of hydrogen-bond acceptors (Lipinski definition) is 4. The van der Waals surface area contributed by atoms with Crippen molar-refractivity contribution in [3.8, 4) is 0 Å². The molecule has 2 unspecified atom stereocenters. The Morgan fingerprint density at radius 1 is 1.69 bits per heavy atom. The van der Waals surface area contributed by atoms with Crippen molar-refractivity contribution in [2.24, 2.45) is 5.73 Å². The van der Waals surface area contributed by atoms with Gasteiger partial charge in [-0.2, -0.15) is 0 Å². The van der Waals surface area contributed by atoms with Crippen molar-refractivity contribution in [1.29, 1.82) is 0 Å². The Labute approximate surface area is 97.3 Å². The van der Waals surface area contributed by atoms with Gasteiger partial charge >= 0.3 is 0 Å². The van der Waals surface area contributed by atoms with Crippen LogP contribution in [0.25, 0.3) is 0 Å². The normalized spacial score (nSPS) is 24.1. The number of amides is 1. The molecule has 1 amide bonds. The van der Waals surface area contributed by atoms with Crippen molar-refractivity contribution in [3.63, 3.8) is 0 Å². The lowest BCUT2D eigenvalue weighted by molar-refractivity contribution is -0.123. The van der Waals surface area contributed by atoms with Crippen molar-refractivity contribution >= 4 is 5.91 Å². The van der Waals surface area contributed by atoms with Crippen LogP contribution >= 0.6 is 0 Å². The van der Waals surface area contributed by atoms with Crippen LogP contribution in [0.15, 0.2) is 0 Å². The van der Waals surface area contributed by atoms with E-state index in [1.807, 2.05) is 6.92 Å². The SMILES string of the molecule is CCNC(=O)CC(CN)N1CCOCC1C. The Balaban J connectivity index is 2.48. The van der Waals surface area contributed by atoms with Gasteiger partial charge < -0.3 is 15.8 Å². The van der Waals surface area contributed by atoms with Crippen LogP contribution in [0, 0.1) is 0 Å². The number of carbonyl (C=O) groups excluding carboxylic acids is 1. The molecule has 1 saturated heterocycles. The molecule has 0 aromatic carbocycles. The molecule has 0 bridgehead atoms. The zero-order chi connectivity index (χ0) is 12.0. The van der Waals surface area contributed by atoms with Crippen LogP contribution in [0.1, 0.15) is 20.3 Å². The molecule has 1 fully saturated rings. The first-order valence-corrected chi connectivity index (χ1v) is 5.99. The van der Waals surface area contributed by atoms with Crippen molar-refractivity contribution < 1.29 is 9.53 Å². The van der Waals surface area contributed by atoms with Gasteiger partial charge in [0.2, 0.25) is 5.91 Å². The molecular formula is C11H23N3O2. The Morgan fingerprint density at radius 2 is 2.44 bits per heavy atom.